The van der Waals surface area contributed by atoms with E-state index < -0.39 is 4.92 Å². The zero-order valence-electron chi connectivity index (χ0n) is 14.5. The molecule has 0 saturated heterocycles. The number of non-ortho nitro benzene ring substituents is 1. The van der Waals surface area contributed by atoms with Gasteiger partial charge in [0.1, 0.15) is 5.75 Å². The van der Waals surface area contributed by atoms with Crippen LogP contribution in [-0.2, 0) is 4.79 Å². The maximum absolute atomic E-state index is 12.4. The number of amides is 1. The van der Waals surface area contributed by atoms with Crippen molar-refractivity contribution in [2.45, 2.75) is 5.16 Å². The Morgan fingerprint density at radius 1 is 1.32 bits per heavy atom. The second-order valence-electron chi connectivity index (χ2n) is 5.65. The number of hydrogen-bond donors (Lipinski definition) is 1. The molecule has 4 aromatic rings. The second kappa shape index (κ2) is 7.44. The predicted octanol–water partition coefficient (Wildman–Crippen LogP) is 3.59. The molecule has 0 aliphatic carbocycles. The van der Waals surface area contributed by atoms with Crippen LogP contribution in [0, 0.1) is 10.1 Å². The maximum atomic E-state index is 12.4. The van der Waals surface area contributed by atoms with Gasteiger partial charge < -0.3 is 10.1 Å². The molecule has 0 radical (unpaired) electrons. The SMILES string of the molecule is COc1cc([N+](=O)[O-])ccc1NC(=O)CSc1nnc2sc3ccccc3n12. The van der Waals surface area contributed by atoms with E-state index in [0.717, 1.165) is 15.2 Å². The summed E-state index contributed by atoms with van der Waals surface area (Å²) in [6.45, 7) is 0. The van der Waals surface area contributed by atoms with E-state index in [4.69, 9.17) is 4.74 Å². The van der Waals surface area contributed by atoms with Crippen LogP contribution in [-0.4, -0.2) is 38.3 Å². The fourth-order valence-corrected chi connectivity index (χ4v) is 4.43. The van der Waals surface area contributed by atoms with Gasteiger partial charge in [-0.15, -0.1) is 10.2 Å². The minimum atomic E-state index is -0.522. The summed E-state index contributed by atoms with van der Waals surface area (Å²) in [5.41, 5.74) is 1.25. The highest BCUT2D eigenvalue weighted by molar-refractivity contribution is 7.99. The van der Waals surface area contributed by atoms with Crippen molar-refractivity contribution in [2.75, 3.05) is 18.2 Å². The van der Waals surface area contributed by atoms with E-state index >= 15 is 0 Å². The summed E-state index contributed by atoms with van der Waals surface area (Å²) in [6, 6.07) is 11.9. The van der Waals surface area contributed by atoms with Gasteiger partial charge in [0.2, 0.25) is 10.9 Å². The molecule has 28 heavy (non-hydrogen) atoms. The molecular formula is C17H13N5O4S2. The fourth-order valence-electron chi connectivity index (χ4n) is 2.66. The molecule has 1 N–H and O–H groups in total. The second-order valence-corrected chi connectivity index (χ2v) is 7.60. The van der Waals surface area contributed by atoms with Crippen LogP contribution < -0.4 is 10.1 Å². The van der Waals surface area contributed by atoms with Crippen LogP contribution in [0.5, 0.6) is 5.75 Å². The normalized spacial score (nSPS) is 11.0. The highest BCUT2D eigenvalue weighted by Gasteiger charge is 2.16. The van der Waals surface area contributed by atoms with Gasteiger partial charge in [-0.2, -0.15) is 0 Å². The van der Waals surface area contributed by atoms with Crippen molar-refractivity contribution in [1.29, 1.82) is 0 Å². The number of thiazole rings is 1. The van der Waals surface area contributed by atoms with E-state index in [1.165, 1.54) is 48.4 Å². The average Bonchev–Trinajstić information content (AvgIpc) is 3.25. The van der Waals surface area contributed by atoms with Gasteiger partial charge in [-0.3, -0.25) is 19.3 Å². The number of carbonyl (C=O) groups excluding carboxylic acids is 1. The van der Waals surface area contributed by atoms with Crippen LogP contribution >= 0.6 is 23.1 Å². The van der Waals surface area contributed by atoms with Crippen molar-refractivity contribution in [3.63, 3.8) is 0 Å². The van der Waals surface area contributed by atoms with Gasteiger partial charge in [0.25, 0.3) is 5.69 Å². The summed E-state index contributed by atoms with van der Waals surface area (Å²) < 4.78 is 8.14. The number of benzene rings is 2. The fraction of sp³-hybridized carbons (Fsp3) is 0.118. The number of fused-ring (bicyclic) bond motifs is 3. The monoisotopic (exact) mass is 415 g/mol. The number of hydrogen-bond acceptors (Lipinski definition) is 8. The van der Waals surface area contributed by atoms with Crippen LogP contribution in [0.15, 0.2) is 47.6 Å². The molecule has 2 heterocycles. The molecule has 0 atom stereocenters. The molecule has 0 unspecified atom stereocenters. The summed E-state index contributed by atoms with van der Waals surface area (Å²) in [5, 5.41) is 22.5. The highest BCUT2D eigenvalue weighted by Crippen LogP contribution is 2.31. The summed E-state index contributed by atoms with van der Waals surface area (Å²) in [7, 11) is 1.39. The first-order valence-electron chi connectivity index (χ1n) is 8.04. The average molecular weight is 415 g/mol. The predicted molar refractivity (Wildman–Crippen MR) is 107 cm³/mol. The van der Waals surface area contributed by atoms with Gasteiger partial charge in [-0.1, -0.05) is 35.2 Å². The molecule has 4 rings (SSSR count). The molecule has 9 nitrogen and oxygen atoms in total. The van der Waals surface area contributed by atoms with Gasteiger partial charge in [-0.05, 0) is 18.2 Å². The number of aromatic nitrogens is 3. The number of nitro groups is 1. The number of rotatable bonds is 6. The summed E-state index contributed by atoms with van der Waals surface area (Å²) >= 11 is 2.79. The molecule has 0 spiro atoms. The molecular weight excluding hydrogens is 402 g/mol. The van der Waals surface area contributed by atoms with E-state index in [9.17, 15) is 14.9 Å². The zero-order valence-corrected chi connectivity index (χ0v) is 16.1. The third kappa shape index (κ3) is 3.37. The van der Waals surface area contributed by atoms with E-state index in [1.807, 2.05) is 28.7 Å². The van der Waals surface area contributed by atoms with E-state index in [0.29, 0.717) is 10.8 Å². The quantitative estimate of drug-likeness (QED) is 0.291. The van der Waals surface area contributed by atoms with E-state index in [2.05, 4.69) is 15.5 Å². The van der Waals surface area contributed by atoms with Crippen molar-refractivity contribution >= 4 is 55.6 Å². The number of nitro benzene ring substituents is 1. The lowest BCUT2D eigenvalue weighted by atomic mass is 10.2. The Bertz CT molecular complexity index is 1200. The third-order valence-corrected chi connectivity index (χ3v) is 5.85. The molecule has 0 aliphatic rings. The minimum absolute atomic E-state index is 0.102. The van der Waals surface area contributed by atoms with Crippen LogP contribution in [0.25, 0.3) is 15.2 Å². The first-order chi connectivity index (χ1) is 13.6. The minimum Gasteiger partial charge on any atom is -0.494 e. The number of nitrogens with one attached hydrogen (secondary N) is 1. The van der Waals surface area contributed by atoms with Crippen LogP contribution in [0.2, 0.25) is 0 Å². The van der Waals surface area contributed by atoms with Crippen LogP contribution in [0.3, 0.4) is 0 Å². The van der Waals surface area contributed by atoms with Crippen molar-refractivity contribution in [3.8, 4) is 5.75 Å². The number of nitrogens with zero attached hydrogens (tertiary/aromatic N) is 4. The van der Waals surface area contributed by atoms with Crippen molar-refractivity contribution in [3.05, 3.63) is 52.6 Å². The standard InChI is InChI=1S/C17H13N5O4S2/c1-26-13-8-10(22(24)25)6-7-11(13)18-15(23)9-27-16-19-20-17-21(16)12-4-2-3-5-14(12)28-17/h2-8H,9H2,1H3,(H,18,23). The summed E-state index contributed by atoms with van der Waals surface area (Å²) in [5.74, 6) is 0.0418. The molecule has 0 saturated carbocycles. The Morgan fingerprint density at radius 3 is 2.93 bits per heavy atom. The Hall–Kier alpha value is -3.18. The number of methoxy groups -OCH3 is 1. The molecule has 0 fully saturated rings. The molecule has 2 aromatic carbocycles. The maximum Gasteiger partial charge on any atom is 0.273 e. The van der Waals surface area contributed by atoms with Crippen molar-refractivity contribution < 1.29 is 14.5 Å². The van der Waals surface area contributed by atoms with Gasteiger partial charge in [0.15, 0.2) is 5.16 Å². The van der Waals surface area contributed by atoms with Crippen molar-refractivity contribution in [1.82, 2.24) is 14.6 Å². The topological polar surface area (TPSA) is 112 Å². The zero-order chi connectivity index (χ0) is 19.7. The van der Waals surface area contributed by atoms with E-state index in [-0.39, 0.29) is 23.1 Å². The lowest BCUT2D eigenvalue weighted by Gasteiger charge is -2.09. The van der Waals surface area contributed by atoms with Crippen LogP contribution in [0.4, 0.5) is 11.4 Å². The number of anilines is 1. The Morgan fingerprint density at radius 2 is 2.14 bits per heavy atom. The summed E-state index contributed by atoms with van der Waals surface area (Å²) in [4.78, 5) is 23.5. The largest absolute Gasteiger partial charge is 0.494 e. The van der Waals surface area contributed by atoms with Crippen LogP contribution in [0.1, 0.15) is 0 Å². The Kier molecular flexibility index (Phi) is 4.84. The van der Waals surface area contributed by atoms with Crippen molar-refractivity contribution in [2.24, 2.45) is 0 Å². The van der Waals surface area contributed by atoms with Gasteiger partial charge >= 0.3 is 0 Å². The number of thioether (sulfide) groups is 1. The Balaban J connectivity index is 1.49. The molecule has 11 heteroatoms. The van der Waals surface area contributed by atoms with Gasteiger partial charge in [0.05, 0.1) is 39.8 Å². The molecule has 2 aromatic heterocycles. The number of para-hydroxylation sites is 1. The molecule has 0 aliphatic heterocycles. The number of carbonyl (C=O) groups is 1. The van der Waals surface area contributed by atoms with Gasteiger partial charge in [-0.25, -0.2) is 0 Å². The lowest BCUT2D eigenvalue weighted by molar-refractivity contribution is -0.384. The first kappa shape index (κ1) is 18.2. The smallest absolute Gasteiger partial charge is 0.273 e. The lowest BCUT2D eigenvalue weighted by Crippen LogP contribution is -2.15. The Labute approximate surface area is 166 Å². The molecule has 1 amide bonds. The molecule has 0 bridgehead atoms. The third-order valence-electron chi connectivity index (χ3n) is 3.91. The van der Waals surface area contributed by atoms with E-state index in [1.54, 1.807) is 0 Å². The highest BCUT2D eigenvalue weighted by atomic mass is 32.2. The molecule has 142 valence electrons. The number of ether oxygens (including phenoxy) is 1. The summed E-state index contributed by atoms with van der Waals surface area (Å²) in [6.07, 6.45) is 0. The first-order valence-corrected chi connectivity index (χ1v) is 9.85. The van der Waals surface area contributed by atoms with Gasteiger partial charge in [0, 0.05) is 6.07 Å².